The Morgan fingerprint density at radius 3 is 2.27 bits per heavy atom. The lowest BCUT2D eigenvalue weighted by Crippen LogP contribution is -2.45. The zero-order valence-electron chi connectivity index (χ0n) is 8.61. The predicted molar refractivity (Wildman–Crippen MR) is 52.8 cm³/mol. The van der Waals surface area contributed by atoms with Crippen LogP contribution in [0.2, 0.25) is 0 Å². The standard InChI is InChI=1S/C9H14N2O4/c1-9(2,5-6(10)12)11-7(13)3-4-8(14)15/h3-4H,5H2,1-2H3,(H2,10,12)(H,11,13)(H,14,15)/b4-3+. The molecule has 0 atom stereocenters. The summed E-state index contributed by atoms with van der Waals surface area (Å²) in [6.07, 6.45) is 1.58. The third-order valence-electron chi connectivity index (χ3n) is 1.46. The molecule has 0 saturated heterocycles. The van der Waals surface area contributed by atoms with Gasteiger partial charge in [-0.05, 0) is 13.8 Å². The number of carbonyl (C=O) groups is 3. The van der Waals surface area contributed by atoms with Crippen molar-refractivity contribution in [3.8, 4) is 0 Å². The third-order valence-corrected chi connectivity index (χ3v) is 1.46. The van der Waals surface area contributed by atoms with E-state index in [9.17, 15) is 14.4 Å². The van der Waals surface area contributed by atoms with Gasteiger partial charge in [-0.25, -0.2) is 4.79 Å². The van der Waals surface area contributed by atoms with Crippen molar-refractivity contribution in [3.05, 3.63) is 12.2 Å². The van der Waals surface area contributed by atoms with Crippen molar-refractivity contribution < 1.29 is 19.5 Å². The number of nitrogens with one attached hydrogen (secondary N) is 1. The van der Waals surface area contributed by atoms with Crippen molar-refractivity contribution in [1.82, 2.24) is 5.32 Å². The van der Waals surface area contributed by atoms with Crippen molar-refractivity contribution in [2.24, 2.45) is 5.73 Å². The Kier molecular flexibility index (Phi) is 4.50. The second-order valence-corrected chi connectivity index (χ2v) is 3.69. The van der Waals surface area contributed by atoms with Crippen LogP contribution in [0.25, 0.3) is 0 Å². The van der Waals surface area contributed by atoms with Crippen LogP contribution in [0.15, 0.2) is 12.2 Å². The first-order valence-electron chi connectivity index (χ1n) is 4.24. The predicted octanol–water partition coefficient (Wildman–Crippen LogP) is -0.603. The normalized spacial score (nSPS) is 11.3. The van der Waals surface area contributed by atoms with Crippen molar-refractivity contribution in [2.45, 2.75) is 25.8 Å². The molecule has 0 aliphatic rings. The van der Waals surface area contributed by atoms with Gasteiger partial charge in [-0.15, -0.1) is 0 Å². The Balaban J connectivity index is 4.27. The summed E-state index contributed by atoms with van der Waals surface area (Å²) < 4.78 is 0. The van der Waals surface area contributed by atoms with Gasteiger partial charge in [-0.3, -0.25) is 9.59 Å². The Bertz CT molecular complexity index is 307. The van der Waals surface area contributed by atoms with Crippen LogP contribution < -0.4 is 11.1 Å². The van der Waals surface area contributed by atoms with E-state index in [0.29, 0.717) is 0 Å². The third kappa shape index (κ3) is 7.24. The summed E-state index contributed by atoms with van der Waals surface area (Å²) in [6, 6.07) is 0. The molecule has 0 saturated carbocycles. The molecule has 0 rings (SSSR count). The molecule has 0 heterocycles. The van der Waals surface area contributed by atoms with Gasteiger partial charge in [0.25, 0.3) is 0 Å². The maximum absolute atomic E-state index is 11.1. The molecule has 0 spiro atoms. The van der Waals surface area contributed by atoms with E-state index in [0.717, 1.165) is 12.2 Å². The van der Waals surface area contributed by atoms with E-state index >= 15 is 0 Å². The van der Waals surface area contributed by atoms with Crippen molar-refractivity contribution in [2.75, 3.05) is 0 Å². The van der Waals surface area contributed by atoms with Crippen LogP contribution in [0.4, 0.5) is 0 Å². The molecule has 84 valence electrons. The molecule has 0 aromatic carbocycles. The van der Waals surface area contributed by atoms with Gasteiger partial charge in [0.15, 0.2) is 0 Å². The summed E-state index contributed by atoms with van der Waals surface area (Å²) in [4.78, 5) is 31.9. The number of carboxylic acid groups (broad SMARTS) is 1. The van der Waals surface area contributed by atoms with E-state index in [4.69, 9.17) is 10.8 Å². The van der Waals surface area contributed by atoms with Crippen LogP contribution in [0.1, 0.15) is 20.3 Å². The van der Waals surface area contributed by atoms with Gasteiger partial charge >= 0.3 is 5.97 Å². The summed E-state index contributed by atoms with van der Waals surface area (Å²) in [5, 5.41) is 10.7. The zero-order chi connectivity index (χ0) is 12.1. The largest absolute Gasteiger partial charge is 0.478 e. The van der Waals surface area contributed by atoms with Crippen LogP contribution in [0.5, 0.6) is 0 Å². The quantitative estimate of drug-likeness (QED) is 0.530. The average Bonchev–Trinajstić information content (AvgIpc) is 1.96. The van der Waals surface area contributed by atoms with Gasteiger partial charge < -0.3 is 16.2 Å². The molecule has 2 amide bonds. The highest BCUT2D eigenvalue weighted by atomic mass is 16.4. The highest BCUT2D eigenvalue weighted by Crippen LogP contribution is 2.06. The molecule has 0 aromatic rings. The molecule has 15 heavy (non-hydrogen) atoms. The van der Waals surface area contributed by atoms with E-state index in [-0.39, 0.29) is 6.42 Å². The highest BCUT2D eigenvalue weighted by Gasteiger charge is 2.21. The number of hydrogen-bond donors (Lipinski definition) is 3. The van der Waals surface area contributed by atoms with Crippen molar-refractivity contribution in [3.63, 3.8) is 0 Å². The zero-order valence-corrected chi connectivity index (χ0v) is 8.61. The van der Waals surface area contributed by atoms with Gasteiger partial charge in [0.1, 0.15) is 0 Å². The maximum Gasteiger partial charge on any atom is 0.328 e. The fourth-order valence-electron chi connectivity index (χ4n) is 1.00. The molecule has 4 N–H and O–H groups in total. The van der Waals surface area contributed by atoms with Gasteiger partial charge in [-0.1, -0.05) is 0 Å². The average molecular weight is 214 g/mol. The van der Waals surface area contributed by atoms with E-state index < -0.39 is 23.3 Å². The Morgan fingerprint density at radius 2 is 1.87 bits per heavy atom. The minimum Gasteiger partial charge on any atom is -0.478 e. The van der Waals surface area contributed by atoms with Crippen LogP contribution in [0, 0.1) is 0 Å². The van der Waals surface area contributed by atoms with Crippen LogP contribution >= 0.6 is 0 Å². The minimum atomic E-state index is -1.21. The lowest BCUT2D eigenvalue weighted by Gasteiger charge is -2.23. The lowest BCUT2D eigenvalue weighted by atomic mass is 10.0. The molecule has 0 bridgehead atoms. The summed E-state index contributed by atoms with van der Waals surface area (Å²) in [7, 11) is 0. The van der Waals surface area contributed by atoms with Crippen molar-refractivity contribution in [1.29, 1.82) is 0 Å². The molecule has 0 aliphatic carbocycles. The molecule has 6 heteroatoms. The summed E-state index contributed by atoms with van der Waals surface area (Å²) >= 11 is 0. The molecule has 0 radical (unpaired) electrons. The fraction of sp³-hybridized carbons (Fsp3) is 0.444. The lowest BCUT2D eigenvalue weighted by molar-refractivity contribution is -0.132. The highest BCUT2D eigenvalue weighted by molar-refractivity contribution is 5.94. The Labute approximate surface area is 87.1 Å². The van der Waals surface area contributed by atoms with Gasteiger partial charge in [0.05, 0.1) is 0 Å². The summed E-state index contributed by atoms with van der Waals surface area (Å²) in [6.45, 7) is 3.23. The first kappa shape index (κ1) is 13.2. The van der Waals surface area contributed by atoms with Crippen molar-refractivity contribution >= 4 is 17.8 Å². The summed E-state index contributed by atoms with van der Waals surface area (Å²) in [5.74, 6) is -2.33. The number of primary amides is 1. The van der Waals surface area contributed by atoms with Gasteiger partial charge in [0, 0.05) is 24.1 Å². The molecule has 0 aromatic heterocycles. The Hall–Kier alpha value is -1.85. The number of rotatable bonds is 5. The minimum absolute atomic E-state index is 0.0142. The number of carboxylic acids is 1. The van der Waals surface area contributed by atoms with E-state index in [1.54, 1.807) is 13.8 Å². The van der Waals surface area contributed by atoms with Crippen LogP contribution in [0.3, 0.4) is 0 Å². The smallest absolute Gasteiger partial charge is 0.328 e. The molecule has 0 fully saturated rings. The number of carbonyl (C=O) groups excluding carboxylic acids is 2. The second-order valence-electron chi connectivity index (χ2n) is 3.69. The maximum atomic E-state index is 11.1. The molecule has 0 unspecified atom stereocenters. The number of aliphatic carboxylic acids is 1. The van der Waals surface area contributed by atoms with E-state index in [2.05, 4.69) is 5.32 Å². The van der Waals surface area contributed by atoms with Crippen LogP contribution in [-0.4, -0.2) is 28.4 Å². The van der Waals surface area contributed by atoms with Gasteiger partial charge in [-0.2, -0.15) is 0 Å². The first-order chi connectivity index (χ1) is 6.73. The molecular formula is C9H14N2O4. The van der Waals surface area contributed by atoms with E-state index in [1.165, 1.54) is 0 Å². The molecule has 6 nitrogen and oxygen atoms in total. The topological polar surface area (TPSA) is 109 Å². The Morgan fingerprint density at radius 1 is 1.33 bits per heavy atom. The second kappa shape index (κ2) is 5.14. The first-order valence-corrected chi connectivity index (χ1v) is 4.24. The number of nitrogens with two attached hydrogens (primary N) is 1. The fourth-order valence-corrected chi connectivity index (χ4v) is 1.00. The summed E-state index contributed by atoms with van der Waals surface area (Å²) in [5.41, 5.74) is 4.19. The van der Waals surface area contributed by atoms with Gasteiger partial charge in [0.2, 0.25) is 11.8 Å². The molecular weight excluding hydrogens is 200 g/mol. The number of hydrogen-bond acceptors (Lipinski definition) is 3. The molecule has 0 aliphatic heterocycles. The number of amides is 2. The monoisotopic (exact) mass is 214 g/mol. The van der Waals surface area contributed by atoms with E-state index in [1.807, 2.05) is 0 Å². The SMILES string of the molecule is CC(C)(CC(N)=O)NC(=O)/C=C/C(=O)O. The van der Waals surface area contributed by atoms with Crippen LogP contribution in [-0.2, 0) is 14.4 Å².